The number of aliphatic carboxylic acids is 1. The lowest BCUT2D eigenvalue weighted by Gasteiger charge is -2.57. The normalized spacial score (nSPS) is 36.7. The number of nitriles is 1. The molecule has 1 aliphatic heterocycles. The van der Waals surface area contributed by atoms with Crippen LogP contribution in [0.1, 0.15) is 51.4 Å². The zero-order chi connectivity index (χ0) is 18.3. The number of hydrogen-bond donors (Lipinski definition) is 2. The molecule has 4 saturated carbocycles. The van der Waals surface area contributed by atoms with Crippen LogP contribution in [0.15, 0.2) is 11.8 Å². The van der Waals surface area contributed by atoms with Gasteiger partial charge in [0.05, 0.1) is 5.92 Å². The fourth-order valence-corrected chi connectivity index (χ4v) is 6.15. The molecule has 0 unspecified atom stereocenters. The van der Waals surface area contributed by atoms with Gasteiger partial charge in [0, 0.05) is 24.8 Å². The molecular weight excluding hydrogens is 330 g/mol. The Morgan fingerprint density at radius 2 is 1.62 bits per heavy atom. The molecule has 6 nitrogen and oxygen atoms in total. The average molecular weight is 357 g/mol. The first-order chi connectivity index (χ1) is 12.5. The van der Waals surface area contributed by atoms with Gasteiger partial charge in [-0.3, -0.25) is 9.59 Å². The van der Waals surface area contributed by atoms with Crippen LogP contribution in [0.25, 0.3) is 0 Å². The molecule has 140 valence electrons. The van der Waals surface area contributed by atoms with Crippen LogP contribution in [0, 0.1) is 35.0 Å². The minimum atomic E-state index is -0.795. The number of carboxylic acids is 1. The number of nitrogens with one attached hydrogen (secondary N) is 1. The summed E-state index contributed by atoms with van der Waals surface area (Å²) < 4.78 is 0. The Kier molecular flexibility index (Phi) is 4.42. The lowest BCUT2D eigenvalue weighted by Crippen LogP contribution is -2.57. The van der Waals surface area contributed by atoms with Crippen LogP contribution in [0.3, 0.4) is 0 Å². The molecule has 1 amide bonds. The van der Waals surface area contributed by atoms with Crippen molar-refractivity contribution in [1.29, 1.82) is 5.26 Å². The van der Waals surface area contributed by atoms with Gasteiger partial charge in [-0.15, -0.1) is 0 Å². The third kappa shape index (κ3) is 3.20. The molecule has 6 heteroatoms. The molecule has 0 aromatic heterocycles. The predicted molar refractivity (Wildman–Crippen MR) is 94.7 cm³/mol. The molecule has 0 aromatic carbocycles. The first-order valence-corrected chi connectivity index (χ1v) is 9.88. The second-order valence-corrected chi connectivity index (χ2v) is 8.92. The number of carbonyl (C=O) groups excluding carboxylic acids is 1. The number of rotatable bonds is 4. The van der Waals surface area contributed by atoms with Crippen molar-refractivity contribution >= 4 is 11.9 Å². The SMILES string of the molecule is N#C/C(=C/NC12CC3CC(CC(C3)C1)C2)C(=O)N1CCC(C(=O)O)CC1. The Morgan fingerprint density at radius 3 is 2.08 bits per heavy atom. The first-order valence-electron chi connectivity index (χ1n) is 9.88. The largest absolute Gasteiger partial charge is 0.481 e. The number of carbonyl (C=O) groups is 2. The van der Waals surface area contributed by atoms with Crippen molar-refractivity contribution in [1.82, 2.24) is 10.2 Å². The van der Waals surface area contributed by atoms with E-state index in [9.17, 15) is 14.9 Å². The van der Waals surface area contributed by atoms with Crippen molar-refractivity contribution in [2.24, 2.45) is 23.7 Å². The molecule has 1 saturated heterocycles. The van der Waals surface area contributed by atoms with Crippen LogP contribution in [0.5, 0.6) is 0 Å². The van der Waals surface area contributed by atoms with Crippen LogP contribution in [0.4, 0.5) is 0 Å². The van der Waals surface area contributed by atoms with Crippen molar-refractivity contribution in [2.45, 2.75) is 56.9 Å². The molecule has 0 aromatic rings. The Hall–Kier alpha value is -2.03. The lowest BCUT2D eigenvalue weighted by atomic mass is 9.53. The summed E-state index contributed by atoms with van der Waals surface area (Å²) in [6.45, 7) is 0.818. The first kappa shape index (κ1) is 17.4. The number of carboxylic acid groups (broad SMARTS) is 1. The number of amides is 1. The molecule has 0 radical (unpaired) electrons. The average Bonchev–Trinajstić information content (AvgIpc) is 2.61. The van der Waals surface area contributed by atoms with E-state index < -0.39 is 5.97 Å². The highest BCUT2D eigenvalue weighted by molar-refractivity contribution is 5.97. The summed E-state index contributed by atoms with van der Waals surface area (Å²) >= 11 is 0. The van der Waals surface area contributed by atoms with E-state index in [4.69, 9.17) is 5.11 Å². The summed E-state index contributed by atoms with van der Waals surface area (Å²) in [5, 5.41) is 22.1. The molecule has 26 heavy (non-hydrogen) atoms. The third-order valence-corrected chi connectivity index (χ3v) is 7.04. The smallest absolute Gasteiger partial charge is 0.306 e. The summed E-state index contributed by atoms with van der Waals surface area (Å²) in [6.07, 6.45) is 10.1. The summed E-state index contributed by atoms with van der Waals surface area (Å²) in [4.78, 5) is 25.3. The van der Waals surface area contributed by atoms with E-state index in [2.05, 4.69) is 11.4 Å². The maximum atomic E-state index is 12.7. The maximum absolute atomic E-state index is 12.7. The fourth-order valence-electron chi connectivity index (χ4n) is 6.15. The molecule has 0 atom stereocenters. The van der Waals surface area contributed by atoms with E-state index in [0.29, 0.717) is 25.9 Å². The fraction of sp³-hybridized carbons (Fsp3) is 0.750. The molecule has 4 aliphatic carbocycles. The van der Waals surface area contributed by atoms with E-state index >= 15 is 0 Å². The quantitative estimate of drug-likeness (QED) is 0.595. The van der Waals surface area contributed by atoms with Crippen LogP contribution in [-0.4, -0.2) is 40.5 Å². The van der Waals surface area contributed by atoms with Gasteiger partial charge >= 0.3 is 5.97 Å². The van der Waals surface area contributed by atoms with Crippen molar-refractivity contribution in [3.05, 3.63) is 11.8 Å². The van der Waals surface area contributed by atoms with Gasteiger partial charge in [-0.2, -0.15) is 5.26 Å². The highest BCUT2D eigenvalue weighted by Gasteiger charge is 2.50. The van der Waals surface area contributed by atoms with E-state index in [0.717, 1.165) is 37.0 Å². The van der Waals surface area contributed by atoms with Crippen molar-refractivity contribution in [3.8, 4) is 6.07 Å². The minimum Gasteiger partial charge on any atom is -0.481 e. The van der Waals surface area contributed by atoms with Gasteiger partial charge in [0.25, 0.3) is 5.91 Å². The molecule has 5 fully saturated rings. The number of nitrogens with zero attached hydrogens (tertiary/aromatic N) is 2. The monoisotopic (exact) mass is 357 g/mol. The minimum absolute atomic E-state index is 0.0768. The highest BCUT2D eigenvalue weighted by Crippen LogP contribution is 2.55. The van der Waals surface area contributed by atoms with Gasteiger partial charge in [0.15, 0.2) is 0 Å². The summed E-state index contributed by atoms with van der Waals surface area (Å²) in [6, 6.07) is 2.06. The number of piperidine rings is 1. The van der Waals surface area contributed by atoms with Gasteiger partial charge in [-0.1, -0.05) is 0 Å². The second kappa shape index (κ2) is 6.61. The highest BCUT2D eigenvalue weighted by atomic mass is 16.4. The van der Waals surface area contributed by atoms with Crippen molar-refractivity contribution in [2.75, 3.05) is 13.1 Å². The van der Waals surface area contributed by atoms with Gasteiger partial charge in [-0.25, -0.2) is 0 Å². The molecule has 0 spiro atoms. The Balaban J connectivity index is 1.40. The standard InChI is InChI=1S/C20H27N3O3/c21-11-17(18(24)23-3-1-16(2-4-23)19(25)26)12-22-20-8-13-5-14(9-20)7-15(6-13)10-20/h12-16,22H,1-10H2,(H,25,26)/b17-12-. The van der Waals surface area contributed by atoms with E-state index in [-0.39, 0.29) is 22.9 Å². The second-order valence-electron chi connectivity index (χ2n) is 8.92. The summed E-state index contributed by atoms with van der Waals surface area (Å²) in [7, 11) is 0. The third-order valence-electron chi connectivity index (χ3n) is 7.04. The van der Waals surface area contributed by atoms with Gasteiger partial charge in [-0.05, 0) is 69.1 Å². The van der Waals surface area contributed by atoms with E-state index in [1.807, 2.05) is 0 Å². The van der Waals surface area contributed by atoms with Gasteiger partial charge in [0.2, 0.25) is 0 Å². The van der Waals surface area contributed by atoms with Crippen LogP contribution >= 0.6 is 0 Å². The van der Waals surface area contributed by atoms with Crippen LogP contribution in [-0.2, 0) is 9.59 Å². The Bertz CT molecular complexity index is 635. The number of likely N-dealkylation sites (tertiary alicyclic amines) is 1. The summed E-state index contributed by atoms with van der Waals surface area (Å²) in [5.74, 6) is 0.971. The van der Waals surface area contributed by atoms with E-state index in [1.165, 1.54) is 19.3 Å². The van der Waals surface area contributed by atoms with Gasteiger partial charge < -0.3 is 15.3 Å². The molecule has 5 aliphatic rings. The molecule has 2 N–H and O–H groups in total. The van der Waals surface area contributed by atoms with Crippen LogP contribution < -0.4 is 5.32 Å². The summed E-state index contributed by atoms with van der Waals surface area (Å²) in [5.41, 5.74) is 0.225. The number of hydrogen-bond acceptors (Lipinski definition) is 4. The molecule has 5 rings (SSSR count). The predicted octanol–water partition coefficient (Wildman–Crippen LogP) is 2.28. The van der Waals surface area contributed by atoms with Crippen molar-refractivity contribution < 1.29 is 14.7 Å². The topological polar surface area (TPSA) is 93.4 Å². The van der Waals surface area contributed by atoms with Crippen LogP contribution in [0.2, 0.25) is 0 Å². The van der Waals surface area contributed by atoms with E-state index in [1.54, 1.807) is 11.1 Å². The zero-order valence-corrected chi connectivity index (χ0v) is 15.1. The Labute approximate surface area is 154 Å². The molecule has 4 bridgehead atoms. The van der Waals surface area contributed by atoms with Gasteiger partial charge in [0.1, 0.15) is 11.6 Å². The molecule has 1 heterocycles. The maximum Gasteiger partial charge on any atom is 0.306 e. The van der Waals surface area contributed by atoms with Crippen molar-refractivity contribution in [3.63, 3.8) is 0 Å². The Morgan fingerprint density at radius 1 is 1.08 bits per heavy atom. The zero-order valence-electron chi connectivity index (χ0n) is 15.1. The molecular formula is C20H27N3O3. The lowest BCUT2D eigenvalue weighted by molar-refractivity contribution is -0.145.